The summed E-state index contributed by atoms with van der Waals surface area (Å²) in [6.07, 6.45) is 4.30. The number of rotatable bonds is 3. The SMILES string of the molecule is N#Cc1cc2c(nc1N1CCC(CC(=O)N3CCc4ccccc4C3)CC1)CCOC2. The van der Waals surface area contributed by atoms with Gasteiger partial charge in [0.05, 0.1) is 24.5 Å². The number of anilines is 1. The van der Waals surface area contributed by atoms with Gasteiger partial charge in [0.25, 0.3) is 0 Å². The molecule has 0 aliphatic carbocycles. The number of aromatic nitrogens is 1. The number of benzene rings is 1. The van der Waals surface area contributed by atoms with Crippen LogP contribution in [0.1, 0.15) is 47.2 Å². The minimum Gasteiger partial charge on any atom is -0.376 e. The van der Waals surface area contributed by atoms with Gasteiger partial charge in [-0.15, -0.1) is 0 Å². The quantitative estimate of drug-likeness (QED) is 0.768. The highest BCUT2D eigenvalue weighted by molar-refractivity contribution is 5.77. The van der Waals surface area contributed by atoms with E-state index in [-0.39, 0.29) is 5.91 Å². The summed E-state index contributed by atoms with van der Waals surface area (Å²) in [7, 11) is 0. The first-order chi connectivity index (χ1) is 15.2. The molecule has 1 saturated heterocycles. The van der Waals surface area contributed by atoms with E-state index in [0.29, 0.717) is 31.1 Å². The van der Waals surface area contributed by atoms with E-state index in [4.69, 9.17) is 9.72 Å². The third-order valence-electron chi connectivity index (χ3n) is 6.89. The summed E-state index contributed by atoms with van der Waals surface area (Å²) in [4.78, 5) is 22.0. The normalized spacial score (nSPS) is 18.8. The second-order valence-corrected chi connectivity index (χ2v) is 8.85. The molecular formula is C25H28N4O2. The van der Waals surface area contributed by atoms with Crippen molar-refractivity contribution in [2.45, 2.75) is 45.3 Å². The maximum Gasteiger partial charge on any atom is 0.223 e. The number of carbonyl (C=O) groups is 1. The number of fused-ring (bicyclic) bond motifs is 2. The number of ether oxygens (including phenoxy) is 1. The largest absolute Gasteiger partial charge is 0.376 e. The predicted octanol–water partition coefficient (Wildman–Crippen LogP) is 3.22. The number of piperidine rings is 1. The molecule has 3 aliphatic rings. The molecule has 0 spiro atoms. The van der Waals surface area contributed by atoms with Crippen LogP contribution in [0.15, 0.2) is 30.3 Å². The van der Waals surface area contributed by atoms with Gasteiger partial charge in [0.15, 0.2) is 0 Å². The van der Waals surface area contributed by atoms with Crippen molar-refractivity contribution >= 4 is 11.7 Å². The van der Waals surface area contributed by atoms with Crippen molar-refractivity contribution in [3.8, 4) is 6.07 Å². The van der Waals surface area contributed by atoms with Crippen molar-refractivity contribution in [3.63, 3.8) is 0 Å². The van der Waals surface area contributed by atoms with Crippen LogP contribution in [0.4, 0.5) is 5.82 Å². The van der Waals surface area contributed by atoms with Gasteiger partial charge >= 0.3 is 0 Å². The molecule has 1 aromatic carbocycles. The molecule has 0 N–H and O–H groups in total. The van der Waals surface area contributed by atoms with Gasteiger partial charge in [-0.25, -0.2) is 4.98 Å². The molecule has 4 heterocycles. The minimum atomic E-state index is 0.276. The third kappa shape index (κ3) is 4.15. The Balaban J connectivity index is 1.20. The summed E-state index contributed by atoms with van der Waals surface area (Å²) in [6, 6.07) is 12.7. The predicted molar refractivity (Wildman–Crippen MR) is 117 cm³/mol. The highest BCUT2D eigenvalue weighted by Gasteiger charge is 2.28. The first kappa shape index (κ1) is 20.0. The molecule has 6 nitrogen and oxygen atoms in total. The Morgan fingerprint density at radius 2 is 1.94 bits per heavy atom. The molecule has 31 heavy (non-hydrogen) atoms. The average Bonchev–Trinajstić information content (AvgIpc) is 2.83. The fraction of sp³-hybridized carbons (Fsp3) is 0.480. The average molecular weight is 417 g/mol. The Morgan fingerprint density at radius 3 is 2.74 bits per heavy atom. The third-order valence-corrected chi connectivity index (χ3v) is 6.89. The van der Waals surface area contributed by atoms with E-state index in [2.05, 4.69) is 35.2 Å². The monoisotopic (exact) mass is 416 g/mol. The lowest BCUT2D eigenvalue weighted by Crippen LogP contribution is -2.40. The lowest BCUT2D eigenvalue weighted by atomic mass is 9.92. The van der Waals surface area contributed by atoms with E-state index >= 15 is 0 Å². The van der Waals surface area contributed by atoms with Crippen LogP contribution in [-0.4, -0.2) is 42.0 Å². The maximum atomic E-state index is 12.9. The van der Waals surface area contributed by atoms with Gasteiger partial charge in [-0.1, -0.05) is 24.3 Å². The molecule has 0 radical (unpaired) electrons. The molecule has 6 heteroatoms. The van der Waals surface area contributed by atoms with Crippen molar-refractivity contribution in [1.82, 2.24) is 9.88 Å². The van der Waals surface area contributed by atoms with E-state index in [1.54, 1.807) is 0 Å². The number of amides is 1. The van der Waals surface area contributed by atoms with Crippen molar-refractivity contribution in [2.24, 2.45) is 5.92 Å². The van der Waals surface area contributed by atoms with Crippen molar-refractivity contribution in [3.05, 3.63) is 58.3 Å². The van der Waals surface area contributed by atoms with Gasteiger partial charge in [0.2, 0.25) is 5.91 Å². The van der Waals surface area contributed by atoms with E-state index < -0.39 is 0 Å². The second-order valence-electron chi connectivity index (χ2n) is 8.85. The van der Waals surface area contributed by atoms with Crippen molar-refractivity contribution in [1.29, 1.82) is 5.26 Å². The number of nitriles is 1. The molecule has 0 unspecified atom stereocenters. The standard InChI is InChI=1S/C25H28N4O2/c26-15-21-14-22-17-31-12-8-23(22)27-25(21)28-9-5-18(6-10-28)13-24(30)29-11-7-19-3-1-2-4-20(19)16-29/h1-4,14,18H,5-13,16-17H2. The number of pyridine rings is 1. The van der Waals surface area contributed by atoms with Crippen LogP contribution in [0.3, 0.4) is 0 Å². The van der Waals surface area contributed by atoms with Crippen LogP contribution in [0.2, 0.25) is 0 Å². The number of hydrogen-bond donors (Lipinski definition) is 0. The van der Waals surface area contributed by atoms with Crippen LogP contribution >= 0.6 is 0 Å². The van der Waals surface area contributed by atoms with Crippen molar-refractivity contribution < 1.29 is 9.53 Å². The van der Waals surface area contributed by atoms with E-state index in [1.807, 2.05) is 11.0 Å². The highest BCUT2D eigenvalue weighted by Crippen LogP contribution is 2.30. The molecule has 0 bridgehead atoms. The zero-order valence-electron chi connectivity index (χ0n) is 17.8. The minimum absolute atomic E-state index is 0.276. The summed E-state index contributed by atoms with van der Waals surface area (Å²) in [6.45, 7) is 4.49. The summed E-state index contributed by atoms with van der Waals surface area (Å²) in [5.41, 5.74) is 5.38. The number of carbonyl (C=O) groups excluding carboxylic acids is 1. The van der Waals surface area contributed by atoms with Gasteiger partial charge < -0.3 is 14.5 Å². The molecule has 1 aromatic heterocycles. The zero-order chi connectivity index (χ0) is 21.2. The topological polar surface area (TPSA) is 69.5 Å². The summed E-state index contributed by atoms with van der Waals surface area (Å²) >= 11 is 0. The zero-order valence-corrected chi connectivity index (χ0v) is 17.8. The Labute approximate surface area is 183 Å². The van der Waals surface area contributed by atoms with E-state index in [1.165, 1.54) is 11.1 Å². The van der Waals surface area contributed by atoms with Gasteiger partial charge in [0, 0.05) is 44.6 Å². The van der Waals surface area contributed by atoms with Gasteiger partial charge in [0.1, 0.15) is 11.9 Å². The number of hydrogen-bond acceptors (Lipinski definition) is 5. The Hall–Kier alpha value is -2.91. The molecule has 3 aliphatic heterocycles. The van der Waals surface area contributed by atoms with Crippen LogP contribution in [0.5, 0.6) is 0 Å². The van der Waals surface area contributed by atoms with E-state index in [9.17, 15) is 10.1 Å². The molecule has 160 valence electrons. The Bertz CT molecular complexity index is 1020. The fourth-order valence-corrected chi connectivity index (χ4v) is 5.03. The van der Waals surface area contributed by atoms with Crippen LogP contribution in [0, 0.1) is 17.2 Å². The fourth-order valence-electron chi connectivity index (χ4n) is 5.03. The van der Waals surface area contributed by atoms with Crippen molar-refractivity contribution in [2.75, 3.05) is 31.1 Å². The summed E-state index contributed by atoms with van der Waals surface area (Å²) in [5, 5.41) is 9.63. The van der Waals surface area contributed by atoms with Crippen LogP contribution in [0.25, 0.3) is 0 Å². The number of nitrogens with zero attached hydrogens (tertiary/aromatic N) is 4. The van der Waals surface area contributed by atoms with Crippen LogP contribution in [-0.2, 0) is 35.5 Å². The molecule has 1 amide bonds. The molecule has 5 rings (SSSR count). The van der Waals surface area contributed by atoms with E-state index in [0.717, 1.165) is 68.9 Å². The maximum absolute atomic E-state index is 12.9. The molecule has 2 aromatic rings. The van der Waals surface area contributed by atoms with Crippen LogP contribution < -0.4 is 4.90 Å². The summed E-state index contributed by atoms with van der Waals surface area (Å²) < 4.78 is 5.50. The molecule has 0 saturated carbocycles. The highest BCUT2D eigenvalue weighted by atomic mass is 16.5. The van der Waals surface area contributed by atoms with Gasteiger partial charge in [-0.3, -0.25) is 4.79 Å². The lowest BCUT2D eigenvalue weighted by Gasteiger charge is -2.35. The molecular weight excluding hydrogens is 388 g/mol. The molecule has 0 atom stereocenters. The first-order valence-electron chi connectivity index (χ1n) is 11.3. The van der Waals surface area contributed by atoms with Gasteiger partial charge in [-0.2, -0.15) is 5.26 Å². The Kier molecular flexibility index (Phi) is 5.61. The van der Waals surface area contributed by atoms with Gasteiger partial charge in [-0.05, 0) is 42.4 Å². The smallest absolute Gasteiger partial charge is 0.223 e. The second kappa shape index (κ2) is 8.68. The molecule has 1 fully saturated rings. The summed E-state index contributed by atoms with van der Waals surface area (Å²) in [5.74, 6) is 1.48. The first-order valence-corrected chi connectivity index (χ1v) is 11.3. The lowest BCUT2D eigenvalue weighted by molar-refractivity contribution is -0.133. The Morgan fingerprint density at radius 1 is 1.13 bits per heavy atom.